The van der Waals surface area contributed by atoms with Crippen LogP contribution in [0.4, 0.5) is 8.78 Å². The third kappa shape index (κ3) is 3.59. The van der Waals surface area contributed by atoms with E-state index in [-0.39, 0.29) is 30.0 Å². The van der Waals surface area contributed by atoms with Crippen molar-refractivity contribution in [3.8, 4) is 0 Å². The van der Waals surface area contributed by atoms with E-state index >= 15 is 0 Å². The number of nitrogens with zero attached hydrogens (tertiary/aromatic N) is 1. The summed E-state index contributed by atoms with van der Waals surface area (Å²) in [6.45, 7) is 1.80. The summed E-state index contributed by atoms with van der Waals surface area (Å²) in [6, 6.07) is 11.6. The van der Waals surface area contributed by atoms with Gasteiger partial charge in [-0.15, -0.1) is 0 Å². The summed E-state index contributed by atoms with van der Waals surface area (Å²) >= 11 is 0. The van der Waals surface area contributed by atoms with Crippen LogP contribution in [0.3, 0.4) is 0 Å². The maximum atomic E-state index is 13.3. The molecule has 1 amide bonds. The Kier molecular flexibility index (Phi) is 4.55. The second kappa shape index (κ2) is 6.78. The van der Waals surface area contributed by atoms with Crippen LogP contribution in [0.15, 0.2) is 53.7 Å². The molecule has 1 heterocycles. The molecule has 0 aliphatic carbocycles. The predicted molar refractivity (Wildman–Crippen MR) is 85.4 cm³/mol. The molecule has 0 bridgehead atoms. The first-order chi connectivity index (χ1) is 11.5. The van der Waals surface area contributed by atoms with Crippen molar-refractivity contribution in [1.82, 2.24) is 5.32 Å². The van der Waals surface area contributed by atoms with Crippen molar-refractivity contribution in [3.05, 3.63) is 71.3 Å². The molecule has 3 rings (SSSR count). The third-order valence-electron chi connectivity index (χ3n) is 3.85. The lowest BCUT2D eigenvalue weighted by atomic mass is 10.0. The van der Waals surface area contributed by atoms with Crippen LogP contribution in [0.1, 0.15) is 30.5 Å². The zero-order chi connectivity index (χ0) is 17.1. The molecule has 0 saturated heterocycles. The van der Waals surface area contributed by atoms with Crippen molar-refractivity contribution in [2.45, 2.75) is 25.5 Å². The molecule has 0 unspecified atom stereocenters. The Labute approximate surface area is 138 Å². The Bertz CT molecular complexity index is 775. The molecule has 0 spiro atoms. The fraction of sp³-hybridized carbons (Fsp3) is 0.222. The Morgan fingerprint density at radius 1 is 1.21 bits per heavy atom. The van der Waals surface area contributed by atoms with Gasteiger partial charge in [-0.3, -0.25) is 4.79 Å². The van der Waals surface area contributed by atoms with Crippen LogP contribution in [-0.2, 0) is 9.63 Å². The highest BCUT2D eigenvalue weighted by atomic mass is 19.1. The highest BCUT2D eigenvalue weighted by Crippen LogP contribution is 2.19. The van der Waals surface area contributed by atoms with Crippen molar-refractivity contribution < 1.29 is 18.4 Å². The lowest BCUT2D eigenvalue weighted by molar-refractivity contribution is -0.131. The van der Waals surface area contributed by atoms with E-state index in [9.17, 15) is 13.6 Å². The summed E-state index contributed by atoms with van der Waals surface area (Å²) in [5.41, 5.74) is 1.91. The molecule has 124 valence electrons. The van der Waals surface area contributed by atoms with Gasteiger partial charge in [-0.05, 0) is 36.8 Å². The number of hydrogen-bond donors (Lipinski definition) is 1. The number of carbonyl (C=O) groups excluding carboxylic acids is 1. The van der Waals surface area contributed by atoms with Crippen LogP contribution in [0.2, 0.25) is 0 Å². The minimum Gasteiger partial charge on any atom is -0.382 e. The van der Waals surface area contributed by atoms with Gasteiger partial charge in [0.15, 0.2) is 0 Å². The van der Waals surface area contributed by atoms with E-state index < -0.39 is 6.10 Å². The van der Waals surface area contributed by atoms with E-state index in [0.29, 0.717) is 11.3 Å². The van der Waals surface area contributed by atoms with Gasteiger partial charge in [-0.1, -0.05) is 29.4 Å². The molecule has 2 aromatic rings. The monoisotopic (exact) mass is 330 g/mol. The number of rotatable bonds is 4. The molecular weight excluding hydrogens is 314 g/mol. The highest BCUT2D eigenvalue weighted by molar-refractivity contribution is 6.04. The first kappa shape index (κ1) is 16.1. The van der Waals surface area contributed by atoms with E-state index in [0.717, 1.165) is 5.56 Å². The lowest BCUT2D eigenvalue weighted by Gasteiger charge is -2.16. The van der Waals surface area contributed by atoms with Crippen LogP contribution < -0.4 is 5.32 Å². The summed E-state index contributed by atoms with van der Waals surface area (Å²) < 4.78 is 26.2. The quantitative estimate of drug-likeness (QED) is 0.935. The number of hydrogen-bond acceptors (Lipinski definition) is 3. The maximum absolute atomic E-state index is 13.3. The van der Waals surface area contributed by atoms with Crippen LogP contribution >= 0.6 is 0 Å². The summed E-state index contributed by atoms with van der Waals surface area (Å²) in [4.78, 5) is 17.5. The second-order valence-corrected chi connectivity index (χ2v) is 5.63. The molecule has 1 N–H and O–H groups in total. The van der Waals surface area contributed by atoms with E-state index in [1.54, 1.807) is 31.2 Å². The molecule has 2 aromatic carbocycles. The lowest BCUT2D eigenvalue weighted by Crippen LogP contribution is -2.36. The number of halogens is 2. The summed E-state index contributed by atoms with van der Waals surface area (Å²) in [7, 11) is 0. The number of oxime groups is 1. The van der Waals surface area contributed by atoms with Crippen molar-refractivity contribution >= 4 is 11.6 Å². The van der Waals surface area contributed by atoms with Crippen molar-refractivity contribution in [2.75, 3.05) is 0 Å². The topological polar surface area (TPSA) is 50.7 Å². The summed E-state index contributed by atoms with van der Waals surface area (Å²) in [5, 5.41) is 6.69. The molecule has 1 aliphatic rings. The minimum absolute atomic E-state index is 0.269. The van der Waals surface area contributed by atoms with Crippen LogP contribution in [-0.4, -0.2) is 17.7 Å². The molecule has 24 heavy (non-hydrogen) atoms. The maximum Gasteiger partial charge on any atom is 0.264 e. The molecule has 0 aromatic heterocycles. The standard InChI is InChI=1S/C18H16F2N2O2/c1-11(12-5-7-14(19)8-6-12)21-18(23)17-10-16(22-24-17)13-3-2-4-15(20)9-13/h2-9,11,17H,10H2,1H3,(H,21,23)/t11-,17+/m1/s1. The minimum atomic E-state index is -0.758. The average molecular weight is 330 g/mol. The van der Waals surface area contributed by atoms with Gasteiger partial charge >= 0.3 is 0 Å². The Balaban J connectivity index is 1.60. The molecule has 4 nitrogen and oxygen atoms in total. The van der Waals surface area contributed by atoms with Crippen LogP contribution in [0, 0.1) is 11.6 Å². The smallest absolute Gasteiger partial charge is 0.264 e. The fourth-order valence-electron chi connectivity index (χ4n) is 2.50. The zero-order valence-corrected chi connectivity index (χ0v) is 13.0. The SMILES string of the molecule is C[C@@H](NC(=O)[C@@H]1CC(c2cccc(F)c2)=NO1)c1ccc(F)cc1. The van der Waals surface area contributed by atoms with Gasteiger partial charge in [0, 0.05) is 12.0 Å². The molecule has 0 saturated carbocycles. The van der Waals surface area contributed by atoms with E-state index in [2.05, 4.69) is 10.5 Å². The number of nitrogens with one attached hydrogen (secondary N) is 1. The van der Waals surface area contributed by atoms with Gasteiger partial charge in [-0.25, -0.2) is 8.78 Å². The zero-order valence-electron chi connectivity index (χ0n) is 13.0. The van der Waals surface area contributed by atoms with Crippen LogP contribution in [0.5, 0.6) is 0 Å². The molecular formula is C18H16F2N2O2. The summed E-state index contributed by atoms with van der Waals surface area (Å²) in [6.07, 6.45) is -0.489. The number of benzene rings is 2. The van der Waals surface area contributed by atoms with Gasteiger partial charge in [-0.2, -0.15) is 0 Å². The van der Waals surface area contributed by atoms with E-state index in [4.69, 9.17) is 4.84 Å². The van der Waals surface area contributed by atoms with Gasteiger partial charge in [0.05, 0.1) is 11.8 Å². The third-order valence-corrected chi connectivity index (χ3v) is 3.85. The molecule has 0 fully saturated rings. The molecule has 0 radical (unpaired) electrons. The predicted octanol–water partition coefficient (Wildman–Crippen LogP) is 3.34. The Morgan fingerprint density at radius 3 is 2.67 bits per heavy atom. The van der Waals surface area contributed by atoms with Gasteiger partial charge in [0.25, 0.3) is 5.91 Å². The van der Waals surface area contributed by atoms with Crippen molar-refractivity contribution in [2.24, 2.45) is 5.16 Å². The molecule has 2 atom stereocenters. The van der Waals surface area contributed by atoms with E-state index in [1.807, 2.05) is 0 Å². The molecule has 1 aliphatic heterocycles. The van der Waals surface area contributed by atoms with Crippen molar-refractivity contribution in [1.29, 1.82) is 0 Å². The highest BCUT2D eigenvalue weighted by Gasteiger charge is 2.29. The Hall–Kier alpha value is -2.76. The largest absolute Gasteiger partial charge is 0.382 e. The first-order valence-electron chi connectivity index (χ1n) is 7.57. The summed E-state index contributed by atoms with van der Waals surface area (Å²) in [5.74, 6) is -1.01. The van der Waals surface area contributed by atoms with Gasteiger partial charge < -0.3 is 10.2 Å². The second-order valence-electron chi connectivity index (χ2n) is 5.63. The van der Waals surface area contributed by atoms with Gasteiger partial charge in [0.2, 0.25) is 6.10 Å². The normalized spacial score (nSPS) is 17.8. The number of carbonyl (C=O) groups is 1. The van der Waals surface area contributed by atoms with E-state index in [1.165, 1.54) is 24.3 Å². The van der Waals surface area contributed by atoms with Crippen molar-refractivity contribution in [3.63, 3.8) is 0 Å². The Morgan fingerprint density at radius 2 is 1.96 bits per heavy atom. The van der Waals surface area contributed by atoms with Gasteiger partial charge in [0.1, 0.15) is 11.6 Å². The van der Waals surface area contributed by atoms with Crippen LogP contribution in [0.25, 0.3) is 0 Å². The first-order valence-corrected chi connectivity index (χ1v) is 7.57. The number of amides is 1. The molecule has 6 heteroatoms. The average Bonchev–Trinajstić information content (AvgIpc) is 3.05. The fourth-order valence-corrected chi connectivity index (χ4v) is 2.50.